The molecule has 2 fully saturated rings. The smallest absolute Gasteiger partial charge is 0.289 e. The first kappa shape index (κ1) is 13.2. The summed E-state index contributed by atoms with van der Waals surface area (Å²) in [6, 6.07) is -1.61. The van der Waals surface area contributed by atoms with Gasteiger partial charge in [-0.3, -0.25) is 5.32 Å². The van der Waals surface area contributed by atoms with Crippen molar-refractivity contribution in [2.45, 2.75) is 41.9 Å². The van der Waals surface area contributed by atoms with Crippen molar-refractivity contribution in [2.75, 3.05) is 0 Å². The molecule has 2 bridgehead atoms. The zero-order valence-corrected chi connectivity index (χ0v) is 8.80. The molecule has 0 amide bonds. The Bertz CT molecular complexity index is 311. The SMILES string of the molecule is F[C@@H]1C[C@@H]2[C@@H](Cl)[C@@H]1NC2(C(F)(F)F)C(F)(F)F. The van der Waals surface area contributed by atoms with E-state index in [1.54, 1.807) is 0 Å². The van der Waals surface area contributed by atoms with E-state index in [-0.39, 0.29) is 0 Å². The Labute approximate surface area is 96.3 Å². The normalized spacial score (nSPS) is 40.9. The Kier molecular flexibility index (Phi) is 2.64. The zero-order valence-electron chi connectivity index (χ0n) is 8.04. The lowest BCUT2D eigenvalue weighted by atomic mass is 9.82. The van der Waals surface area contributed by atoms with E-state index in [0.717, 1.165) is 0 Å². The molecule has 0 spiro atoms. The number of hydrogen-bond donors (Lipinski definition) is 1. The van der Waals surface area contributed by atoms with E-state index in [1.165, 1.54) is 5.32 Å². The molecule has 1 saturated carbocycles. The number of halogens is 8. The van der Waals surface area contributed by atoms with Gasteiger partial charge in [0, 0.05) is 5.92 Å². The molecule has 4 atom stereocenters. The van der Waals surface area contributed by atoms with Gasteiger partial charge in [-0.2, -0.15) is 26.3 Å². The summed E-state index contributed by atoms with van der Waals surface area (Å²) in [4.78, 5) is 0. The van der Waals surface area contributed by atoms with Crippen LogP contribution in [0.15, 0.2) is 0 Å². The predicted octanol–water partition coefficient (Wildman–Crippen LogP) is 2.79. The van der Waals surface area contributed by atoms with Gasteiger partial charge in [-0.25, -0.2) is 4.39 Å². The molecular weight excluding hydrogens is 279 g/mol. The van der Waals surface area contributed by atoms with Crippen LogP contribution in [0.2, 0.25) is 0 Å². The van der Waals surface area contributed by atoms with E-state index in [2.05, 4.69) is 0 Å². The monoisotopic (exact) mass is 285 g/mol. The lowest BCUT2D eigenvalue weighted by Gasteiger charge is -2.41. The highest BCUT2D eigenvalue weighted by Gasteiger charge is 2.81. The van der Waals surface area contributed by atoms with Crippen molar-refractivity contribution in [2.24, 2.45) is 5.92 Å². The minimum absolute atomic E-state index is 0.829. The summed E-state index contributed by atoms with van der Waals surface area (Å²) in [7, 11) is 0. The average Bonchev–Trinajstić information content (AvgIpc) is 2.53. The Balaban J connectivity index is 2.48. The summed E-state index contributed by atoms with van der Waals surface area (Å²) in [5.41, 5.74) is -4.08. The van der Waals surface area contributed by atoms with Crippen molar-refractivity contribution in [3.05, 3.63) is 0 Å². The fraction of sp³-hybridized carbons (Fsp3) is 1.00. The van der Waals surface area contributed by atoms with E-state index < -0.39 is 47.8 Å². The highest BCUT2D eigenvalue weighted by molar-refractivity contribution is 6.22. The van der Waals surface area contributed by atoms with Crippen LogP contribution in [0.5, 0.6) is 0 Å². The maximum Gasteiger partial charge on any atom is 0.415 e. The molecular formula is C8H7ClF7N. The Morgan fingerprint density at radius 3 is 1.76 bits per heavy atom. The highest BCUT2D eigenvalue weighted by atomic mass is 35.5. The van der Waals surface area contributed by atoms with Crippen LogP contribution in [-0.4, -0.2) is 35.5 Å². The van der Waals surface area contributed by atoms with Crippen molar-refractivity contribution in [1.29, 1.82) is 0 Å². The van der Waals surface area contributed by atoms with Crippen molar-refractivity contribution in [3.8, 4) is 0 Å². The van der Waals surface area contributed by atoms with Crippen LogP contribution in [-0.2, 0) is 0 Å². The van der Waals surface area contributed by atoms with Crippen LogP contribution in [0, 0.1) is 5.92 Å². The van der Waals surface area contributed by atoms with E-state index in [9.17, 15) is 30.7 Å². The van der Waals surface area contributed by atoms with Gasteiger partial charge in [-0.1, -0.05) is 0 Å². The molecule has 1 saturated heterocycles. The Morgan fingerprint density at radius 1 is 1.06 bits per heavy atom. The third-order valence-corrected chi connectivity index (χ3v) is 4.02. The highest BCUT2D eigenvalue weighted by Crippen LogP contribution is 2.58. The number of rotatable bonds is 0. The molecule has 1 N–H and O–H groups in total. The molecule has 0 unspecified atom stereocenters. The summed E-state index contributed by atoms with van der Waals surface area (Å²) < 4.78 is 89.3. The van der Waals surface area contributed by atoms with Gasteiger partial charge in [-0.15, -0.1) is 11.6 Å². The zero-order chi connectivity index (χ0) is 13.2. The fourth-order valence-corrected chi connectivity index (χ4v) is 3.18. The van der Waals surface area contributed by atoms with Gasteiger partial charge in [-0.05, 0) is 6.42 Å². The van der Waals surface area contributed by atoms with Gasteiger partial charge >= 0.3 is 12.4 Å². The third kappa shape index (κ3) is 1.49. The van der Waals surface area contributed by atoms with Crippen molar-refractivity contribution >= 4 is 11.6 Å². The third-order valence-electron chi connectivity index (χ3n) is 3.44. The minimum atomic E-state index is -5.56. The van der Waals surface area contributed by atoms with Gasteiger partial charge < -0.3 is 0 Å². The van der Waals surface area contributed by atoms with Crippen LogP contribution >= 0.6 is 11.6 Å². The fourth-order valence-electron chi connectivity index (χ4n) is 2.67. The molecule has 1 aliphatic carbocycles. The van der Waals surface area contributed by atoms with Crippen LogP contribution in [0.4, 0.5) is 30.7 Å². The summed E-state index contributed by atoms with van der Waals surface area (Å²) >= 11 is 5.46. The second kappa shape index (κ2) is 3.40. The second-order valence-corrected chi connectivity index (χ2v) is 4.78. The van der Waals surface area contributed by atoms with E-state index in [0.29, 0.717) is 0 Å². The summed E-state index contributed by atoms with van der Waals surface area (Å²) in [6.45, 7) is 0. The van der Waals surface area contributed by atoms with E-state index in [4.69, 9.17) is 11.6 Å². The number of hydrogen-bond acceptors (Lipinski definition) is 1. The second-order valence-electron chi connectivity index (χ2n) is 4.28. The Morgan fingerprint density at radius 2 is 1.53 bits per heavy atom. The predicted molar refractivity (Wildman–Crippen MR) is 44.4 cm³/mol. The van der Waals surface area contributed by atoms with Crippen LogP contribution < -0.4 is 5.32 Å². The number of nitrogens with one attached hydrogen (secondary N) is 1. The number of fused-ring (bicyclic) bond motifs is 2. The summed E-state index contributed by atoms with van der Waals surface area (Å²) in [6.07, 6.45) is -13.7. The molecule has 1 nitrogen and oxygen atoms in total. The molecule has 100 valence electrons. The number of piperidine rings is 1. The molecule has 1 heterocycles. The molecule has 2 rings (SSSR count). The van der Waals surface area contributed by atoms with Crippen LogP contribution in [0.1, 0.15) is 6.42 Å². The maximum atomic E-state index is 13.1. The topological polar surface area (TPSA) is 12.0 Å². The van der Waals surface area contributed by atoms with Gasteiger partial charge in [0.25, 0.3) is 0 Å². The van der Waals surface area contributed by atoms with Gasteiger partial charge in [0.05, 0.1) is 11.4 Å². The van der Waals surface area contributed by atoms with Crippen LogP contribution in [0.3, 0.4) is 0 Å². The first-order chi connectivity index (χ1) is 7.52. The molecule has 1 aliphatic heterocycles. The molecule has 0 aromatic heterocycles. The average molecular weight is 286 g/mol. The van der Waals surface area contributed by atoms with Crippen molar-refractivity contribution in [3.63, 3.8) is 0 Å². The molecule has 0 aromatic carbocycles. The lowest BCUT2D eigenvalue weighted by Crippen LogP contribution is -2.70. The van der Waals surface area contributed by atoms with E-state index in [1.807, 2.05) is 0 Å². The molecule has 0 radical (unpaired) electrons. The molecule has 2 aliphatic rings. The van der Waals surface area contributed by atoms with Gasteiger partial charge in [0.1, 0.15) is 6.17 Å². The lowest BCUT2D eigenvalue weighted by molar-refractivity contribution is -0.320. The number of alkyl halides is 8. The minimum Gasteiger partial charge on any atom is -0.289 e. The standard InChI is InChI=1S/C8H7ClF7N/c9-4-2-1-3(10)5(4)17-6(2,7(11,12)13)8(14,15)16/h2-5,17H,1H2/t2-,3-,4-,5-/m1/s1. The molecule has 17 heavy (non-hydrogen) atoms. The van der Waals surface area contributed by atoms with Crippen molar-refractivity contribution < 1.29 is 30.7 Å². The quantitative estimate of drug-likeness (QED) is 0.533. The van der Waals surface area contributed by atoms with Crippen LogP contribution in [0.25, 0.3) is 0 Å². The molecule has 0 aromatic rings. The first-order valence-corrected chi connectivity index (χ1v) is 5.15. The van der Waals surface area contributed by atoms with Gasteiger partial charge in [0.15, 0.2) is 0 Å². The summed E-state index contributed by atoms with van der Waals surface area (Å²) in [5.74, 6) is -2.02. The Hall–Kier alpha value is -0.240. The largest absolute Gasteiger partial charge is 0.415 e. The van der Waals surface area contributed by atoms with E-state index >= 15 is 0 Å². The van der Waals surface area contributed by atoms with Crippen molar-refractivity contribution in [1.82, 2.24) is 5.32 Å². The molecule has 9 heteroatoms. The first-order valence-electron chi connectivity index (χ1n) is 4.71. The summed E-state index contributed by atoms with van der Waals surface area (Å²) in [5, 5.41) is -0.180. The van der Waals surface area contributed by atoms with Gasteiger partial charge in [0.2, 0.25) is 5.54 Å². The maximum absolute atomic E-state index is 13.1.